The molecule has 1 amide bonds. The van der Waals surface area contributed by atoms with Gasteiger partial charge in [0, 0.05) is 25.1 Å². The van der Waals surface area contributed by atoms with Crippen LogP contribution in [-0.2, 0) is 16.0 Å². The zero-order valence-corrected chi connectivity index (χ0v) is 9.59. The summed E-state index contributed by atoms with van der Waals surface area (Å²) < 4.78 is 5.20. The van der Waals surface area contributed by atoms with Crippen LogP contribution in [0.25, 0.3) is 0 Å². The second-order valence-electron chi connectivity index (χ2n) is 3.97. The summed E-state index contributed by atoms with van der Waals surface area (Å²) >= 11 is 0. The molecule has 0 saturated carbocycles. The number of nitrogens with zero attached hydrogens (tertiary/aromatic N) is 1. The van der Waals surface area contributed by atoms with Crippen LogP contribution in [0.15, 0.2) is 24.3 Å². The molecule has 1 aromatic rings. The fourth-order valence-corrected chi connectivity index (χ4v) is 1.83. The van der Waals surface area contributed by atoms with E-state index >= 15 is 0 Å². The number of benzene rings is 1. The summed E-state index contributed by atoms with van der Waals surface area (Å²) in [4.78, 5) is 24.2. The number of carbonyl (C=O) groups is 2. The fourth-order valence-electron chi connectivity index (χ4n) is 1.83. The molecule has 0 unspecified atom stereocenters. The van der Waals surface area contributed by atoms with Gasteiger partial charge in [-0.05, 0) is 17.7 Å². The highest BCUT2D eigenvalue weighted by Crippen LogP contribution is 2.09. The Morgan fingerprint density at radius 2 is 1.88 bits per heavy atom. The maximum atomic E-state index is 12.1. The highest BCUT2D eigenvalue weighted by molar-refractivity contribution is 5.94. The Morgan fingerprint density at radius 1 is 1.24 bits per heavy atom. The number of amides is 1. The molecule has 0 spiro atoms. The Hall–Kier alpha value is -1.68. The zero-order chi connectivity index (χ0) is 12.1. The second-order valence-corrected chi connectivity index (χ2v) is 3.97. The van der Waals surface area contributed by atoms with Crippen molar-refractivity contribution in [1.82, 2.24) is 4.90 Å². The lowest BCUT2D eigenvalue weighted by Crippen LogP contribution is -2.40. The average molecular weight is 233 g/mol. The molecule has 1 aliphatic rings. The molecule has 90 valence electrons. The van der Waals surface area contributed by atoms with Gasteiger partial charge in [-0.25, -0.2) is 0 Å². The van der Waals surface area contributed by atoms with Gasteiger partial charge in [-0.3, -0.25) is 4.79 Å². The van der Waals surface area contributed by atoms with Gasteiger partial charge < -0.3 is 14.4 Å². The number of ether oxygens (including phenoxy) is 1. The first-order valence-corrected chi connectivity index (χ1v) is 5.71. The second kappa shape index (κ2) is 5.59. The maximum Gasteiger partial charge on any atom is 0.254 e. The minimum Gasteiger partial charge on any atom is -0.378 e. The van der Waals surface area contributed by atoms with E-state index in [2.05, 4.69) is 0 Å². The molecule has 4 nitrogen and oxygen atoms in total. The normalized spacial score (nSPS) is 15.6. The van der Waals surface area contributed by atoms with E-state index in [1.807, 2.05) is 12.1 Å². The van der Waals surface area contributed by atoms with Crippen molar-refractivity contribution in [2.75, 3.05) is 26.3 Å². The van der Waals surface area contributed by atoms with Gasteiger partial charge in [0.2, 0.25) is 0 Å². The Bertz CT molecular complexity index is 394. The van der Waals surface area contributed by atoms with Crippen LogP contribution in [0.5, 0.6) is 0 Å². The van der Waals surface area contributed by atoms with Crippen molar-refractivity contribution in [2.45, 2.75) is 6.42 Å². The van der Waals surface area contributed by atoms with Gasteiger partial charge in [-0.2, -0.15) is 0 Å². The predicted octanol–water partition coefficient (Wildman–Crippen LogP) is 0.900. The van der Waals surface area contributed by atoms with Crippen molar-refractivity contribution in [3.8, 4) is 0 Å². The summed E-state index contributed by atoms with van der Waals surface area (Å²) in [7, 11) is 0. The van der Waals surface area contributed by atoms with E-state index < -0.39 is 0 Å². The molecule has 1 fully saturated rings. The van der Waals surface area contributed by atoms with Crippen LogP contribution in [0.4, 0.5) is 0 Å². The van der Waals surface area contributed by atoms with Crippen molar-refractivity contribution in [2.24, 2.45) is 0 Å². The summed E-state index contributed by atoms with van der Waals surface area (Å²) in [6.07, 6.45) is 1.25. The van der Waals surface area contributed by atoms with Crippen LogP contribution >= 0.6 is 0 Å². The molecule has 2 rings (SSSR count). The third kappa shape index (κ3) is 2.91. The third-order valence-electron chi connectivity index (χ3n) is 2.82. The smallest absolute Gasteiger partial charge is 0.254 e. The minimum absolute atomic E-state index is 0.0333. The van der Waals surface area contributed by atoms with Crippen molar-refractivity contribution < 1.29 is 14.3 Å². The van der Waals surface area contributed by atoms with Gasteiger partial charge in [0.1, 0.15) is 6.29 Å². The van der Waals surface area contributed by atoms with E-state index in [9.17, 15) is 9.59 Å². The number of aldehydes is 1. The lowest BCUT2D eigenvalue weighted by Gasteiger charge is -2.26. The van der Waals surface area contributed by atoms with Gasteiger partial charge in [-0.15, -0.1) is 0 Å². The maximum absolute atomic E-state index is 12.1. The Balaban J connectivity index is 2.05. The molecule has 4 heteroatoms. The third-order valence-corrected chi connectivity index (χ3v) is 2.82. The highest BCUT2D eigenvalue weighted by Gasteiger charge is 2.17. The molecule has 1 aliphatic heterocycles. The Kier molecular flexibility index (Phi) is 3.88. The topological polar surface area (TPSA) is 46.6 Å². The van der Waals surface area contributed by atoms with Crippen LogP contribution in [-0.4, -0.2) is 43.4 Å². The van der Waals surface area contributed by atoms with Crippen LogP contribution < -0.4 is 0 Å². The van der Waals surface area contributed by atoms with E-state index in [4.69, 9.17) is 4.74 Å². The van der Waals surface area contributed by atoms with E-state index in [1.165, 1.54) is 0 Å². The first kappa shape index (κ1) is 11.8. The molecule has 0 radical (unpaired) electrons. The summed E-state index contributed by atoms with van der Waals surface area (Å²) in [6, 6.07) is 7.19. The number of hydrogen-bond donors (Lipinski definition) is 0. The van der Waals surface area contributed by atoms with E-state index in [0.29, 0.717) is 38.3 Å². The Labute approximate surface area is 100 Å². The molecule has 0 atom stereocenters. The van der Waals surface area contributed by atoms with Gasteiger partial charge in [0.25, 0.3) is 5.91 Å². The van der Waals surface area contributed by atoms with Crippen LogP contribution in [0.3, 0.4) is 0 Å². The van der Waals surface area contributed by atoms with Gasteiger partial charge in [0.05, 0.1) is 13.2 Å². The van der Waals surface area contributed by atoms with Gasteiger partial charge in [0.15, 0.2) is 0 Å². The largest absolute Gasteiger partial charge is 0.378 e. The van der Waals surface area contributed by atoms with E-state index in [-0.39, 0.29) is 5.91 Å². The van der Waals surface area contributed by atoms with Crippen molar-refractivity contribution >= 4 is 12.2 Å². The lowest BCUT2D eigenvalue weighted by molar-refractivity contribution is -0.107. The van der Waals surface area contributed by atoms with Crippen LogP contribution in [0.2, 0.25) is 0 Å². The van der Waals surface area contributed by atoms with Crippen molar-refractivity contribution in [1.29, 1.82) is 0 Å². The van der Waals surface area contributed by atoms with Crippen LogP contribution in [0.1, 0.15) is 15.9 Å². The molecule has 0 aliphatic carbocycles. The van der Waals surface area contributed by atoms with Gasteiger partial charge in [-0.1, -0.05) is 12.1 Å². The first-order chi connectivity index (χ1) is 8.31. The van der Waals surface area contributed by atoms with Crippen molar-refractivity contribution in [3.63, 3.8) is 0 Å². The molecule has 0 aromatic heterocycles. The SMILES string of the molecule is O=CCc1ccc(C(=O)N2CCOCC2)cc1. The van der Waals surface area contributed by atoms with Crippen LogP contribution in [0, 0.1) is 0 Å². The van der Waals surface area contributed by atoms with E-state index in [0.717, 1.165) is 11.8 Å². The molecule has 1 aromatic carbocycles. The quantitative estimate of drug-likeness (QED) is 0.729. The van der Waals surface area contributed by atoms with Gasteiger partial charge >= 0.3 is 0 Å². The lowest BCUT2D eigenvalue weighted by atomic mass is 10.1. The molecule has 1 saturated heterocycles. The summed E-state index contributed by atoms with van der Waals surface area (Å²) in [5.41, 5.74) is 1.60. The number of rotatable bonds is 3. The monoisotopic (exact) mass is 233 g/mol. The Morgan fingerprint density at radius 3 is 2.47 bits per heavy atom. The summed E-state index contributed by atoms with van der Waals surface area (Å²) in [5, 5.41) is 0. The number of morpholine rings is 1. The fraction of sp³-hybridized carbons (Fsp3) is 0.385. The highest BCUT2D eigenvalue weighted by atomic mass is 16.5. The number of hydrogen-bond acceptors (Lipinski definition) is 3. The van der Waals surface area contributed by atoms with Crippen molar-refractivity contribution in [3.05, 3.63) is 35.4 Å². The average Bonchev–Trinajstić information content (AvgIpc) is 2.40. The summed E-state index contributed by atoms with van der Waals surface area (Å²) in [5.74, 6) is 0.0333. The zero-order valence-electron chi connectivity index (χ0n) is 9.59. The standard InChI is InChI=1S/C13H15NO3/c15-8-5-11-1-3-12(4-2-11)13(16)14-6-9-17-10-7-14/h1-4,8H,5-7,9-10H2. The molecular formula is C13H15NO3. The molecule has 0 N–H and O–H groups in total. The molecule has 0 bridgehead atoms. The first-order valence-electron chi connectivity index (χ1n) is 5.71. The molecule has 17 heavy (non-hydrogen) atoms. The van der Waals surface area contributed by atoms with E-state index in [1.54, 1.807) is 17.0 Å². The summed E-state index contributed by atoms with van der Waals surface area (Å²) in [6.45, 7) is 2.51. The number of carbonyl (C=O) groups excluding carboxylic acids is 2. The molecule has 1 heterocycles. The molecular weight excluding hydrogens is 218 g/mol. The minimum atomic E-state index is 0.0333. The predicted molar refractivity (Wildman–Crippen MR) is 62.9 cm³/mol.